The van der Waals surface area contributed by atoms with Crippen molar-refractivity contribution < 1.29 is 12.8 Å². The Balaban J connectivity index is 1.56. The van der Waals surface area contributed by atoms with Gasteiger partial charge in [0, 0.05) is 29.7 Å². The van der Waals surface area contributed by atoms with E-state index in [0.717, 1.165) is 31.5 Å². The summed E-state index contributed by atoms with van der Waals surface area (Å²) in [5.74, 6) is 1.35. The van der Waals surface area contributed by atoms with Gasteiger partial charge in [0.15, 0.2) is 5.76 Å². The van der Waals surface area contributed by atoms with Crippen LogP contribution in [-0.2, 0) is 16.6 Å². The Labute approximate surface area is 146 Å². The van der Waals surface area contributed by atoms with Gasteiger partial charge in [-0.3, -0.25) is 4.90 Å². The first kappa shape index (κ1) is 17.4. The van der Waals surface area contributed by atoms with Crippen molar-refractivity contribution in [1.29, 1.82) is 0 Å². The molecular formula is C16H20ClN3O3S. The monoisotopic (exact) mass is 369 g/mol. The summed E-state index contributed by atoms with van der Waals surface area (Å²) < 4.78 is 31.0. The number of nitrogens with one attached hydrogen (secondary N) is 1. The zero-order valence-electron chi connectivity index (χ0n) is 13.4. The van der Waals surface area contributed by atoms with E-state index < -0.39 is 10.0 Å². The maximum absolute atomic E-state index is 11.3. The molecule has 1 aliphatic heterocycles. The number of oxazole rings is 1. The topological polar surface area (TPSA) is 75.4 Å². The number of aromatic nitrogens is 1. The Morgan fingerprint density at radius 1 is 1.38 bits per heavy atom. The average molecular weight is 370 g/mol. The Morgan fingerprint density at radius 3 is 2.79 bits per heavy atom. The minimum atomic E-state index is -3.14. The van der Waals surface area contributed by atoms with Crippen molar-refractivity contribution >= 4 is 21.6 Å². The molecule has 0 spiro atoms. The lowest BCUT2D eigenvalue weighted by molar-refractivity contribution is 0.184. The van der Waals surface area contributed by atoms with Gasteiger partial charge in [-0.25, -0.2) is 18.1 Å². The van der Waals surface area contributed by atoms with E-state index in [2.05, 4.69) is 14.6 Å². The van der Waals surface area contributed by atoms with Crippen molar-refractivity contribution in [2.45, 2.75) is 25.4 Å². The second kappa shape index (κ2) is 7.23. The van der Waals surface area contributed by atoms with E-state index in [4.69, 9.17) is 16.0 Å². The van der Waals surface area contributed by atoms with Crippen LogP contribution in [-0.4, -0.2) is 43.7 Å². The number of piperidine rings is 1. The first-order valence-corrected chi connectivity index (χ1v) is 10.1. The molecule has 0 radical (unpaired) electrons. The predicted octanol–water partition coefficient (Wildman–Crippen LogP) is 2.51. The molecule has 1 aromatic heterocycles. The van der Waals surface area contributed by atoms with Gasteiger partial charge in [-0.05, 0) is 25.0 Å². The highest BCUT2D eigenvalue weighted by molar-refractivity contribution is 7.88. The van der Waals surface area contributed by atoms with Crippen LogP contribution in [0.5, 0.6) is 0 Å². The third kappa shape index (κ3) is 4.80. The van der Waals surface area contributed by atoms with Crippen LogP contribution in [0, 0.1) is 0 Å². The van der Waals surface area contributed by atoms with Crippen molar-refractivity contribution in [2.24, 2.45) is 0 Å². The Kier molecular flexibility index (Phi) is 5.24. The van der Waals surface area contributed by atoms with Gasteiger partial charge in [-0.1, -0.05) is 23.7 Å². The summed E-state index contributed by atoms with van der Waals surface area (Å²) in [6, 6.07) is 7.48. The third-order valence-corrected chi connectivity index (χ3v) is 4.99. The molecule has 24 heavy (non-hydrogen) atoms. The highest BCUT2D eigenvalue weighted by Crippen LogP contribution is 2.24. The molecule has 6 nitrogen and oxygen atoms in total. The number of benzene rings is 1. The first-order chi connectivity index (χ1) is 11.4. The lowest BCUT2D eigenvalue weighted by atomic mass is 10.1. The van der Waals surface area contributed by atoms with E-state index >= 15 is 0 Å². The van der Waals surface area contributed by atoms with Gasteiger partial charge in [-0.2, -0.15) is 0 Å². The summed E-state index contributed by atoms with van der Waals surface area (Å²) in [7, 11) is -3.14. The molecule has 1 fully saturated rings. The molecule has 1 aliphatic rings. The van der Waals surface area contributed by atoms with Crippen molar-refractivity contribution in [3.8, 4) is 11.3 Å². The molecule has 0 saturated carbocycles. The van der Waals surface area contributed by atoms with Crippen LogP contribution < -0.4 is 4.72 Å². The normalized spacial score (nSPS) is 17.2. The standard InChI is InChI=1S/C16H20ClN3O3S/c1-24(21,22)19-14-5-7-20(8-6-14)11-16-18-10-15(23-16)12-3-2-4-13(17)9-12/h2-4,9-10,14,19H,5-8,11H2,1H3. The van der Waals surface area contributed by atoms with Crippen LogP contribution in [0.3, 0.4) is 0 Å². The average Bonchev–Trinajstić information content (AvgIpc) is 2.96. The number of hydrogen-bond acceptors (Lipinski definition) is 5. The van der Waals surface area contributed by atoms with Crippen molar-refractivity contribution in [1.82, 2.24) is 14.6 Å². The smallest absolute Gasteiger partial charge is 0.209 e. The molecule has 0 amide bonds. The van der Waals surface area contributed by atoms with Crippen LogP contribution in [0.2, 0.25) is 5.02 Å². The molecule has 1 aromatic carbocycles. The zero-order valence-corrected chi connectivity index (χ0v) is 15.0. The molecule has 0 atom stereocenters. The summed E-state index contributed by atoms with van der Waals surface area (Å²) in [5, 5.41) is 0.658. The van der Waals surface area contributed by atoms with Crippen LogP contribution in [0.4, 0.5) is 0 Å². The fourth-order valence-corrected chi connectivity index (χ4v) is 3.89. The third-order valence-electron chi connectivity index (χ3n) is 3.99. The fourth-order valence-electron chi connectivity index (χ4n) is 2.86. The quantitative estimate of drug-likeness (QED) is 0.876. The van der Waals surface area contributed by atoms with E-state index in [1.807, 2.05) is 24.3 Å². The molecular weight excluding hydrogens is 350 g/mol. The number of halogens is 1. The minimum Gasteiger partial charge on any atom is -0.439 e. The Bertz CT molecular complexity index is 798. The first-order valence-electron chi connectivity index (χ1n) is 7.79. The summed E-state index contributed by atoms with van der Waals surface area (Å²) in [6.45, 7) is 2.23. The highest BCUT2D eigenvalue weighted by atomic mass is 35.5. The molecule has 0 aliphatic carbocycles. The Morgan fingerprint density at radius 2 is 2.12 bits per heavy atom. The van der Waals surface area contributed by atoms with Crippen LogP contribution in [0.15, 0.2) is 34.9 Å². The van der Waals surface area contributed by atoms with E-state index in [0.29, 0.717) is 23.2 Å². The molecule has 0 unspecified atom stereocenters. The van der Waals surface area contributed by atoms with Gasteiger partial charge in [0.25, 0.3) is 0 Å². The molecule has 130 valence electrons. The Hall–Kier alpha value is -1.41. The number of sulfonamides is 1. The second-order valence-electron chi connectivity index (χ2n) is 6.07. The van der Waals surface area contributed by atoms with E-state index in [9.17, 15) is 8.42 Å². The SMILES string of the molecule is CS(=O)(=O)NC1CCN(Cc2ncc(-c3cccc(Cl)c3)o2)CC1. The van der Waals surface area contributed by atoms with Crippen LogP contribution in [0.1, 0.15) is 18.7 Å². The number of rotatable bonds is 5. The van der Waals surface area contributed by atoms with E-state index in [1.54, 1.807) is 6.20 Å². The van der Waals surface area contributed by atoms with E-state index in [-0.39, 0.29) is 6.04 Å². The molecule has 2 heterocycles. The zero-order chi connectivity index (χ0) is 17.2. The van der Waals surface area contributed by atoms with Crippen LogP contribution in [0.25, 0.3) is 11.3 Å². The summed E-state index contributed by atoms with van der Waals surface area (Å²) in [4.78, 5) is 6.55. The predicted molar refractivity (Wildman–Crippen MR) is 93.2 cm³/mol. The largest absolute Gasteiger partial charge is 0.439 e. The van der Waals surface area contributed by atoms with Gasteiger partial charge in [-0.15, -0.1) is 0 Å². The lowest BCUT2D eigenvalue weighted by Gasteiger charge is -2.30. The summed E-state index contributed by atoms with van der Waals surface area (Å²) in [5.41, 5.74) is 0.900. The second-order valence-corrected chi connectivity index (χ2v) is 8.29. The van der Waals surface area contributed by atoms with Gasteiger partial charge in [0.2, 0.25) is 15.9 Å². The highest BCUT2D eigenvalue weighted by Gasteiger charge is 2.22. The van der Waals surface area contributed by atoms with Gasteiger partial charge in [0.1, 0.15) is 0 Å². The van der Waals surface area contributed by atoms with Gasteiger partial charge < -0.3 is 4.42 Å². The van der Waals surface area contributed by atoms with Gasteiger partial charge in [0.05, 0.1) is 19.0 Å². The maximum atomic E-state index is 11.3. The lowest BCUT2D eigenvalue weighted by Crippen LogP contribution is -2.43. The van der Waals surface area contributed by atoms with Crippen molar-refractivity contribution in [3.05, 3.63) is 41.4 Å². The van der Waals surface area contributed by atoms with Crippen LogP contribution >= 0.6 is 11.6 Å². The fraction of sp³-hybridized carbons (Fsp3) is 0.438. The number of hydrogen-bond donors (Lipinski definition) is 1. The van der Waals surface area contributed by atoms with Crippen molar-refractivity contribution in [3.63, 3.8) is 0 Å². The molecule has 0 bridgehead atoms. The van der Waals surface area contributed by atoms with Crippen molar-refractivity contribution in [2.75, 3.05) is 19.3 Å². The maximum Gasteiger partial charge on any atom is 0.209 e. The summed E-state index contributed by atoms with van der Waals surface area (Å²) in [6.07, 6.45) is 4.48. The van der Waals surface area contributed by atoms with E-state index in [1.165, 1.54) is 6.26 Å². The van der Waals surface area contributed by atoms with Gasteiger partial charge >= 0.3 is 0 Å². The molecule has 3 rings (SSSR count). The summed E-state index contributed by atoms with van der Waals surface area (Å²) >= 11 is 6.00. The molecule has 8 heteroatoms. The number of nitrogens with zero attached hydrogens (tertiary/aromatic N) is 2. The molecule has 2 aromatic rings. The molecule has 1 N–H and O–H groups in total. The molecule has 1 saturated heterocycles. The minimum absolute atomic E-state index is 0.0165. The number of likely N-dealkylation sites (tertiary alicyclic amines) is 1.